The molecule has 0 saturated carbocycles. The molecule has 0 aliphatic heterocycles. The lowest BCUT2D eigenvalue weighted by Crippen LogP contribution is -2.05. The summed E-state index contributed by atoms with van der Waals surface area (Å²) >= 11 is 0. The van der Waals surface area contributed by atoms with Crippen molar-refractivity contribution in [2.75, 3.05) is 17.2 Å². The quantitative estimate of drug-likeness (QED) is 0.585. The smallest absolute Gasteiger partial charge is 0.338 e. The van der Waals surface area contributed by atoms with E-state index in [-0.39, 0.29) is 5.97 Å². The fourth-order valence-corrected chi connectivity index (χ4v) is 3.03. The number of carbonyl (C=O) groups excluding carboxylic acids is 1. The molecule has 0 fully saturated rings. The Labute approximate surface area is 165 Å². The summed E-state index contributed by atoms with van der Waals surface area (Å²) in [6, 6.07) is 13.1. The van der Waals surface area contributed by atoms with Gasteiger partial charge in [0.05, 0.1) is 12.2 Å². The maximum Gasteiger partial charge on any atom is 0.338 e. The Morgan fingerprint density at radius 3 is 2.32 bits per heavy atom. The molecule has 0 bridgehead atoms. The standard InChI is InChI=1S/C22H24N4O2/c1-5-28-21(27)17-6-8-18(9-7-17)24-22-23-11-10-19(26-22)25-20-15(3)12-14(2)13-16(20)4/h6-13H,5H2,1-4H3,(H2,23,24,25,26). The van der Waals surface area contributed by atoms with E-state index < -0.39 is 0 Å². The monoisotopic (exact) mass is 376 g/mol. The summed E-state index contributed by atoms with van der Waals surface area (Å²) < 4.78 is 4.99. The zero-order chi connectivity index (χ0) is 20.1. The molecule has 3 rings (SSSR count). The van der Waals surface area contributed by atoms with E-state index in [0.717, 1.165) is 11.4 Å². The van der Waals surface area contributed by atoms with Crippen LogP contribution in [0, 0.1) is 20.8 Å². The van der Waals surface area contributed by atoms with E-state index in [1.807, 2.05) is 6.07 Å². The van der Waals surface area contributed by atoms with E-state index in [4.69, 9.17) is 4.74 Å². The van der Waals surface area contributed by atoms with Gasteiger partial charge in [-0.15, -0.1) is 0 Å². The highest BCUT2D eigenvalue weighted by atomic mass is 16.5. The van der Waals surface area contributed by atoms with Crippen molar-refractivity contribution >= 4 is 29.1 Å². The van der Waals surface area contributed by atoms with Crippen LogP contribution in [-0.2, 0) is 4.74 Å². The molecule has 0 saturated heterocycles. The van der Waals surface area contributed by atoms with Crippen LogP contribution >= 0.6 is 0 Å². The third-order valence-corrected chi connectivity index (χ3v) is 4.24. The van der Waals surface area contributed by atoms with Gasteiger partial charge >= 0.3 is 5.97 Å². The fourth-order valence-electron chi connectivity index (χ4n) is 3.03. The third-order valence-electron chi connectivity index (χ3n) is 4.24. The van der Waals surface area contributed by atoms with E-state index in [0.29, 0.717) is 23.9 Å². The van der Waals surface area contributed by atoms with Crippen molar-refractivity contribution in [2.24, 2.45) is 0 Å². The van der Waals surface area contributed by atoms with Crippen molar-refractivity contribution < 1.29 is 9.53 Å². The van der Waals surface area contributed by atoms with Gasteiger partial charge in [0.15, 0.2) is 0 Å². The predicted octanol–water partition coefficient (Wildman–Crippen LogP) is 5.07. The Morgan fingerprint density at radius 2 is 1.68 bits per heavy atom. The summed E-state index contributed by atoms with van der Waals surface area (Å²) in [6.45, 7) is 8.38. The molecule has 2 N–H and O–H groups in total. The molecule has 6 nitrogen and oxygen atoms in total. The molecule has 2 aromatic carbocycles. The minimum atomic E-state index is -0.333. The first kappa shape index (κ1) is 19.4. The van der Waals surface area contributed by atoms with Gasteiger partial charge in [-0.05, 0) is 69.2 Å². The van der Waals surface area contributed by atoms with Gasteiger partial charge < -0.3 is 15.4 Å². The number of aromatic nitrogens is 2. The second-order valence-corrected chi connectivity index (χ2v) is 6.59. The second kappa shape index (κ2) is 8.52. The van der Waals surface area contributed by atoms with Crippen LogP contribution in [0.4, 0.5) is 23.1 Å². The first-order chi connectivity index (χ1) is 13.5. The van der Waals surface area contributed by atoms with Crippen molar-refractivity contribution in [2.45, 2.75) is 27.7 Å². The highest BCUT2D eigenvalue weighted by molar-refractivity contribution is 5.89. The summed E-state index contributed by atoms with van der Waals surface area (Å²) in [4.78, 5) is 20.5. The number of nitrogens with one attached hydrogen (secondary N) is 2. The van der Waals surface area contributed by atoms with Crippen LogP contribution in [-0.4, -0.2) is 22.5 Å². The Hall–Kier alpha value is -3.41. The zero-order valence-corrected chi connectivity index (χ0v) is 16.5. The summed E-state index contributed by atoms with van der Waals surface area (Å²) in [7, 11) is 0. The fraction of sp³-hybridized carbons (Fsp3) is 0.227. The number of esters is 1. The molecule has 6 heteroatoms. The van der Waals surface area contributed by atoms with Crippen molar-refractivity contribution in [1.82, 2.24) is 9.97 Å². The molecule has 0 atom stereocenters. The van der Waals surface area contributed by atoms with Crippen LogP contribution in [0.1, 0.15) is 34.0 Å². The lowest BCUT2D eigenvalue weighted by Gasteiger charge is -2.14. The molecule has 144 valence electrons. The Balaban J connectivity index is 1.74. The number of ether oxygens (including phenoxy) is 1. The lowest BCUT2D eigenvalue weighted by molar-refractivity contribution is 0.0526. The van der Waals surface area contributed by atoms with Crippen molar-refractivity contribution in [1.29, 1.82) is 0 Å². The average molecular weight is 376 g/mol. The molecular weight excluding hydrogens is 352 g/mol. The number of benzene rings is 2. The Bertz CT molecular complexity index is 961. The largest absolute Gasteiger partial charge is 0.462 e. The van der Waals surface area contributed by atoms with E-state index in [9.17, 15) is 4.79 Å². The predicted molar refractivity (Wildman–Crippen MR) is 112 cm³/mol. The number of hydrogen-bond acceptors (Lipinski definition) is 6. The molecule has 0 radical (unpaired) electrons. The normalized spacial score (nSPS) is 10.4. The van der Waals surface area contributed by atoms with E-state index in [2.05, 4.69) is 53.5 Å². The molecule has 1 aromatic heterocycles. The van der Waals surface area contributed by atoms with Gasteiger partial charge in [-0.3, -0.25) is 0 Å². The molecule has 1 heterocycles. The first-order valence-corrected chi connectivity index (χ1v) is 9.18. The number of carbonyl (C=O) groups is 1. The lowest BCUT2D eigenvalue weighted by atomic mass is 10.1. The number of nitrogens with zero attached hydrogens (tertiary/aromatic N) is 2. The molecule has 0 aliphatic carbocycles. The maximum absolute atomic E-state index is 11.7. The number of hydrogen-bond donors (Lipinski definition) is 2. The molecule has 3 aromatic rings. The van der Waals surface area contributed by atoms with Crippen LogP contribution < -0.4 is 10.6 Å². The van der Waals surface area contributed by atoms with Crippen LogP contribution in [0.3, 0.4) is 0 Å². The molecule has 0 amide bonds. The minimum absolute atomic E-state index is 0.333. The van der Waals surface area contributed by atoms with E-state index >= 15 is 0 Å². The maximum atomic E-state index is 11.7. The summed E-state index contributed by atoms with van der Waals surface area (Å²) in [5.41, 5.74) is 5.91. The van der Waals surface area contributed by atoms with Gasteiger partial charge in [0.2, 0.25) is 5.95 Å². The van der Waals surface area contributed by atoms with Gasteiger partial charge in [-0.1, -0.05) is 17.7 Å². The minimum Gasteiger partial charge on any atom is -0.462 e. The molecule has 28 heavy (non-hydrogen) atoms. The topological polar surface area (TPSA) is 76.1 Å². The van der Waals surface area contributed by atoms with E-state index in [1.54, 1.807) is 37.4 Å². The first-order valence-electron chi connectivity index (χ1n) is 9.18. The van der Waals surface area contributed by atoms with Gasteiger partial charge in [0.25, 0.3) is 0 Å². The molecule has 0 spiro atoms. The average Bonchev–Trinajstić information content (AvgIpc) is 2.66. The molecular formula is C22H24N4O2. The summed E-state index contributed by atoms with van der Waals surface area (Å²) in [5.74, 6) is 0.840. The van der Waals surface area contributed by atoms with Crippen LogP contribution in [0.15, 0.2) is 48.7 Å². The van der Waals surface area contributed by atoms with E-state index in [1.165, 1.54) is 16.7 Å². The summed E-state index contributed by atoms with van der Waals surface area (Å²) in [6.07, 6.45) is 1.70. The van der Waals surface area contributed by atoms with Gasteiger partial charge in [-0.2, -0.15) is 4.98 Å². The van der Waals surface area contributed by atoms with Gasteiger partial charge in [0.1, 0.15) is 5.82 Å². The number of aryl methyl sites for hydroxylation is 3. The van der Waals surface area contributed by atoms with Crippen LogP contribution in [0.2, 0.25) is 0 Å². The third kappa shape index (κ3) is 4.65. The number of rotatable bonds is 6. The molecule has 0 aliphatic rings. The highest BCUT2D eigenvalue weighted by Gasteiger charge is 2.08. The Morgan fingerprint density at radius 1 is 1.00 bits per heavy atom. The van der Waals surface area contributed by atoms with Crippen molar-refractivity contribution in [3.05, 3.63) is 70.9 Å². The number of anilines is 4. The van der Waals surface area contributed by atoms with Crippen LogP contribution in [0.5, 0.6) is 0 Å². The van der Waals surface area contributed by atoms with Crippen molar-refractivity contribution in [3.8, 4) is 0 Å². The SMILES string of the molecule is CCOC(=O)c1ccc(Nc2nccc(Nc3c(C)cc(C)cc3C)n2)cc1. The van der Waals surface area contributed by atoms with Gasteiger partial charge in [0, 0.05) is 17.6 Å². The highest BCUT2D eigenvalue weighted by Crippen LogP contribution is 2.25. The Kier molecular flexibility index (Phi) is 5.89. The zero-order valence-electron chi connectivity index (χ0n) is 16.5. The summed E-state index contributed by atoms with van der Waals surface area (Å²) in [5, 5.41) is 6.53. The van der Waals surface area contributed by atoms with Gasteiger partial charge in [-0.25, -0.2) is 9.78 Å². The van der Waals surface area contributed by atoms with Crippen molar-refractivity contribution in [3.63, 3.8) is 0 Å². The molecule has 0 unspecified atom stereocenters. The van der Waals surface area contributed by atoms with Crippen LogP contribution in [0.25, 0.3) is 0 Å². The second-order valence-electron chi connectivity index (χ2n) is 6.59.